The zero-order chi connectivity index (χ0) is 27.5. The van der Waals surface area contributed by atoms with E-state index < -0.39 is 44.9 Å². The van der Waals surface area contributed by atoms with E-state index in [1.807, 2.05) is 0 Å². The van der Waals surface area contributed by atoms with E-state index in [4.69, 9.17) is 21.1 Å². The number of nitrogens with zero attached hydrogens (tertiary/aromatic N) is 2. The van der Waals surface area contributed by atoms with Crippen molar-refractivity contribution in [3.63, 3.8) is 0 Å². The highest BCUT2D eigenvalue weighted by Gasteiger charge is 2.35. The summed E-state index contributed by atoms with van der Waals surface area (Å²) >= 11 is 5.71. The summed E-state index contributed by atoms with van der Waals surface area (Å²) in [7, 11) is -4.44. The maximum atomic E-state index is 13.5. The second kappa shape index (κ2) is 10.9. The monoisotopic (exact) mass is 567 g/mol. The summed E-state index contributed by atoms with van der Waals surface area (Å²) in [6.07, 6.45) is -4.84. The van der Waals surface area contributed by atoms with Gasteiger partial charge in [0.05, 0.1) is 26.9 Å². The summed E-state index contributed by atoms with van der Waals surface area (Å²) in [6.45, 7) is 1.57. The summed E-state index contributed by atoms with van der Waals surface area (Å²) < 4.78 is 78.8. The molecule has 200 valence electrons. The lowest BCUT2D eigenvalue weighted by atomic mass is 10.1. The van der Waals surface area contributed by atoms with Crippen LogP contribution in [0.2, 0.25) is 5.02 Å². The normalized spacial score (nSPS) is 13.7. The highest BCUT2D eigenvalue weighted by atomic mass is 35.5. The van der Waals surface area contributed by atoms with Crippen molar-refractivity contribution in [2.45, 2.75) is 18.0 Å². The van der Waals surface area contributed by atoms with E-state index in [1.165, 1.54) is 24.3 Å². The molecule has 0 radical (unpaired) electrons. The topological polar surface area (TPSA) is 97.3 Å². The number of anilines is 1. The number of carbonyl (C=O) groups excluding carboxylic acids is 1. The number of benzene rings is 3. The number of halogens is 4. The lowest BCUT2D eigenvalue weighted by Crippen LogP contribution is -2.40. The minimum atomic E-state index is -4.84. The molecule has 1 N–H and O–H groups in total. The standard InChI is InChI=1S/C25H21ClF3N3O5S/c1-16(17-7-10-22-23(13-17)37-12-11-36-22)30-31-24(33)15-32(38(34,35)19-5-3-2-4-6-19)18-8-9-21(26)20(14-18)25(27,28)29/h2-10,13-14H,11-12,15H2,1H3,(H,31,33)/b30-16-. The lowest BCUT2D eigenvalue weighted by molar-refractivity contribution is -0.137. The van der Waals surface area contributed by atoms with Crippen LogP contribution >= 0.6 is 11.6 Å². The van der Waals surface area contributed by atoms with E-state index in [1.54, 1.807) is 31.2 Å². The number of amides is 1. The maximum Gasteiger partial charge on any atom is 0.417 e. The molecular formula is C25H21ClF3N3O5S. The third kappa shape index (κ3) is 6.03. The molecule has 4 rings (SSSR count). The van der Waals surface area contributed by atoms with Crippen molar-refractivity contribution >= 4 is 38.9 Å². The Morgan fingerprint density at radius 3 is 2.39 bits per heavy atom. The Morgan fingerprint density at radius 1 is 1.03 bits per heavy atom. The quantitative estimate of drug-likeness (QED) is 0.325. The molecule has 1 aliphatic rings. The van der Waals surface area contributed by atoms with Gasteiger partial charge in [-0.1, -0.05) is 29.8 Å². The SMILES string of the molecule is C/C(=N/NC(=O)CN(c1ccc(Cl)c(C(F)(F)F)c1)S(=O)(=O)c1ccccc1)c1ccc2c(c1)OCCO2. The van der Waals surface area contributed by atoms with Gasteiger partial charge in [0.15, 0.2) is 11.5 Å². The number of fused-ring (bicyclic) bond motifs is 1. The van der Waals surface area contributed by atoms with Gasteiger partial charge in [-0.3, -0.25) is 9.10 Å². The van der Waals surface area contributed by atoms with Gasteiger partial charge in [0.25, 0.3) is 15.9 Å². The molecule has 0 saturated heterocycles. The van der Waals surface area contributed by atoms with E-state index in [0.717, 1.165) is 12.1 Å². The van der Waals surface area contributed by atoms with Gasteiger partial charge in [-0.25, -0.2) is 13.8 Å². The molecule has 0 atom stereocenters. The Morgan fingerprint density at radius 2 is 1.71 bits per heavy atom. The Labute approximate surface area is 221 Å². The van der Waals surface area contributed by atoms with Crippen LogP contribution in [0.15, 0.2) is 76.7 Å². The molecule has 38 heavy (non-hydrogen) atoms. The van der Waals surface area contributed by atoms with Gasteiger partial charge in [0.1, 0.15) is 19.8 Å². The smallest absolute Gasteiger partial charge is 0.417 e. The predicted molar refractivity (Wildman–Crippen MR) is 135 cm³/mol. The first-order valence-electron chi connectivity index (χ1n) is 11.1. The van der Waals surface area contributed by atoms with Gasteiger partial charge in [-0.15, -0.1) is 0 Å². The molecule has 0 saturated carbocycles. The van der Waals surface area contributed by atoms with Crippen molar-refractivity contribution in [1.82, 2.24) is 5.43 Å². The summed E-state index contributed by atoms with van der Waals surface area (Å²) in [5.41, 5.74) is 1.61. The summed E-state index contributed by atoms with van der Waals surface area (Å²) in [4.78, 5) is 12.6. The molecule has 0 spiro atoms. The molecule has 1 aliphatic heterocycles. The first-order valence-corrected chi connectivity index (χ1v) is 13.0. The van der Waals surface area contributed by atoms with Gasteiger partial charge >= 0.3 is 6.18 Å². The van der Waals surface area contributed by atoms with Gasteiger partial charge < -0.3 is 9.47 Å². The first-order chi connectivity index (χ1) is 18.0. The summed E-state index contributed by atoms with van der Waals surface area (Å²) in [6, 6.07) is 14.7. The van der Waals surface area contributed by atoms with E-state index in [0.29, 0.717) is 46.4 Å². The molecule has 8 nitrogen and oxygen atoms in total. The Balaban J connectivity index is 1.62. The van der Waals surface area contributed by atoms with Gasteiger partial charge in [-0.05, 0) is 55.5 Å². The molecule has 0 fully saturated rings. The third-order valence-corrected chi connectivity index (χ3v) is 7.59. The fourth-order valence-electron chi connectivity index (χ4n) is 3.57. The number of rotatable bonds is 7. The number of carbonyl (C=O) groups is 1. The molecule has 0 unspecified atom stereocenters. The Hall–Kier alpha value is -3.77. The van der Waals surface area contributed by atoms with Crippen LogP contribution in [0.5, 0.6) is 11.5 Å². The van der Waals surface area contributed by atoms with Crippen LogP contribution in [0.1, 0.15) is 18.1 Å². The van der Waals surface area contributed by atoms with Crippen molar-refractivity contribution in [2.24, 2.45) is 5.10 Å². The summed E-state index contributed by atoms with van der Waals surface area (Å²) in [5.74, 6) is 0.197. The highest BCUT2D eigenvalue weighted by molar-refractivity contribution is 7.92. The zero-order valence-corrected chi connectivity index (χ0v) is 21.4. The fraction of sp³-hybridized carbons (Fsp3) is 0.200. The van der Waals surface area contributed by atoms with Crippen LogP contribution in [-0.2, 0) is 21.0 Å². The van der Waals surface area contributed by atoms with Gasteiger partial charge in [-0.2, -0.15) is 18.3 Å². The van der Waals surface area contributed by atoms with Crippen molar-refractivity contribution in [3.05, 3.63) is 82.9 Å². The van der Waals surface area contributed by atoms with Crippen molar-refractivity contribution in [2.75, 3.05) is 24.1 Å². The lowest BCUT2D eigenvalue weighted by Gasteiger charge is -2.25. The molecule has 3 aromatic carbocycles. The van der Waals surface area contributed by atoms with E-state index >= 15 is 0 Å². The van der Waals surface area contributed by atoms with Crippen LogP contribution in [0.25, 0.3) is 0 Å². The van der Waals surface area contributed by atoms with Crippen LogP contribution in [-0.4, -0.2) is 39.8 Å². The molecule has 0 aromatic heterocycles. The molecule has 0 bridgehead atoms. The number of hydrazone groups is 1. The number of alkyl halides is 3. The molecular weight excluding hydrogens is 547 g/mol. The summed E-state index contributed by atoms with van der Waals surface area (Å²) in [5, 5.41) is 3.40. The fourth-order valence-corrected chi connectivity index (χ4v) is 5.22. The van der Waals surface area contributed by atoms with Crippen LogP contribution < -0.4 is 19.2 Å². The number of nitrogens with one attached hydrogen (secondary N) is 1. The number of hydrogen-bond acceptors (Lipinski definition) is 6. The largest absolute Gasteiger partial charge is 0.486 e. The number of sulfonamides is 1. The molecule has 0 aliphatic carbocycles. The van der Waals surface area contributed by atoms with Gasteiger partial charge in [0, 0.05) is 5.56 Å². The van der Waals surface area contributed by atoms with Crippen molar-refractivity contribution < 1.29 is 35.9 Å². The maximum absolute atomic E-state index is 13.5. The van der Waals surface area contributed by atoms with Crippen molar-refractivity contribution in [1.29, 1.82) is 0 Å². The second-order valence-electron chi connectivity index (χ2n) is 8.08. The Bertz CT molecular complexity index is 1480. The van der Waals surface area contributed by atoms with E-state index in [-0.39, 0.29) is 4.90 Å². The molecule has 3 aromatic rings. The zero-order valence-electron chi connectivity index (χ0n) is 19.8. The van der Waals surface area contributed by atoms with Gasteiger partial charge in [0.2, 0.25) is 0 Å². The van der Waals surface area contributed by atoms with Crippen LogP contribution in [0, 0.1) is 0 Å². The molecule has 13 heteroatoms. The first kappa shape index (κ1) is 27.3. The minimum Gasteiger partial charge on any atom is -0.486 e. The van der Waals surface area contributed by atoms with E-state index in [2.05, 4.69) is 10.5 Å². The predicted octanol–water partition coefficient (Wildman–Crippen LogP) is 4.87. The number of hydrogen-bond donors (Lipinski definition) is 1. The number of ether oxygens (including phenoxy) is 2. The van der Waals surface area contributed by atoms with Crippen LogP contribution in [0.4, 0.5) is 18.9 Å². The average Bonchev–Trinajstić information content (AvgIpc) is 2.90. The minimum absolute atomic E-state index is 0.215. The second-order valence-corrected chi connectivity index (χ2v) is 10.3. The molecule has 1 heterocycles. The van der Waals surface area contributed by atoms with Crippen LogP contribution in [0.3, 0.4) is 0 Å². The van der Waals surface area contributed by atoms with Crippen molar-refractivity contribution in [3.8, 4) is 11.5 Å². The van der Waals surface area contributed by atoms with E-state index in [9.17, 15) is 26.4 Å². The third-order valence-electron chi connectivity index (χ3n) is 5.47. The highest BCUT2D eigenvalue weighted by Crippen LogP contribution is 2.38. The molecule has 1 amide bonds. The average molecular weight is 568 g/mol. The Kier molecular flexibility index (Phi) is 7.83.